The smallest absolute Gasteiger partial charge is 0.335 e. The maximum Gasteiger partial charge on any atom is 0.335 e. The summed E-state index contributed by atoms with van der Waals surface area (Å²) in [6.45, 7) is 6.92. The van der Waals surface area contributed by atoms with Crippen molar-refractivity contribution in [2.45, 2.75) is 15.2 Å². The Morgan fingerprint density at radius 2 is 1.39 bits per heavy atom. The van der Waals surface area contributed by atoms with Crippen LogP contribution in [0.2, 0.25) is 0 Å². The summed E-state index contributed by atoms with van der Waals surface area (Å²) < 4.78 is 5.08. The van der Waals surface area contributed by atoms with Crippen LogP contribution in [0.1, 0.15) is 10.4 Å². The Morgan fingerprint density at radius 1 is 0.839 bits per heavy atom. The maximum absolute atomic E-state index is 12.6. The zero-order valence-corrected chi connectivity index (χ0v) is 18.2. The minimum absolute atomic E-state index is 0.0537. The number of aliphatic hydroxyl groups is 1. The lowest BCUT2D eigenvalue weighted by Gasteiger charge is -2.07. The van der Waals surface area contributed by atoms with Crippen LogP contribution in [0.5, 0.6) is 5.75 Å². The minimum Gasteiger partial charge on any atom is -0.423 e. The standard InChI is InChI=1S/C25H20O4S2/c1-3-23(26)29-20-11-5-17(6-12-20)18-7-13-22(14-8-18)31-25(28)19-9-15-21(16-10-19)30-24(27)4-2/h3-16,24,27H,1-2H2. The van der Waals surface area contributed by atoms with E-state index < -0.39 is 11.4 Å². The molecule has 3 rings (SSSR count). The summed E-state index contributed by atoms with van der Waals surface area (Å²) in [5.41, 5.74) is 1.88. The average molecular weight is 449 g/mol. The Balaban J connectivity index is 1.62. The van der Waals surface area contributed by atoms with Gasteiger partial charge in [-0.05, 0) is 71.4 Å². The zero-order chi connectivity index (χ0) is 22.2. The van der Waals surface area contributed by atoms with Crippen molar-refractivity contribution in [3.05, 3.63) is 104 Å². The monoisotopic (exact) mass is 448 g/mol. The Morgan fingerprint density at radius 3 is 1.94 bits per heavy atom. The van der Waals surface area contributed by atoms with Crippen molar-refractivity contribution in [1.82, 2.24) is 0 Å². The molecule has 3 aromatic carbocycles. The summed E-state index contributed by atoms with van der Waals surface area (Å²) >= 11 is 2.42. The molecule has 0 bridgehead atoms. The molecule has 0 amide bonds. The van der Waals surface area contributed by atoms with Crippen LogP contribution in [0, 0.1) is 0 Å². The van der Waals surface area contributed by atoms with E-state index in [0.29, 0.717) is 11.3 Å². The molecular weight excluding hydrogens is 428 g/mol. The van der Waals surface area contributed by atoms with E-state index in [1.807, 2.05) is 48.5 Å². The van der Waals surface area contributed by atoms with Gasteiger partial charge >= 0.3 is 5.97 Å². The van der Waals surface area contributed by atoms with Crippen LogP contribution in [0.25, 0.3) is 11.1 Å². The second kappa shape index (κ2) is 10.8. The topological polar surface area (TPSA) is 63.6 Å². The molecule has 4 nitrogen and oxygen atoms in total. The summed E-state index contributed by atoms with van der Waals surface area (Å²) in [5, 5.41) is 9.54. The fourth-order valence-corrected chi connectivity index (χ4v) is 4.02. The van der Waals surface area contributed by atoms with Gasteiger partial charge in [-0.15, -0.1) is 0 Å². The quantitative estimate of drug-likeness (QED) is 0.114. The molecule has 0 spiro atoms. The van der Waals surface area contributed by atoms with Gasteiger partial charge in [-0.2, -0.15) is 0 Å². The molecule has 0 fully saturated rings. The van der Waals surface area contributed by atoms with Crippen LogP contribution in [-0.4, -0.2) is 21.6 Å². The predicted molar refractivity (Wildman–Crippen MR) is 126 cm³/mol. The summed E-state index contributed by atoms with van der Waals surface area (Å²) in [4.78, 5) is 25.5. The van der Waals surface area contributed by atoms with E-state index in [0.717, 1.165) is 38.8 Å². The van der Waals surface area contributed by atoms with Crippen molar-refractivity contribution in [3.8, 4) is 16.9 Å². The summed E-state index contributed by atoms with van der Waals surface area (Å²) in [6.07, 6.45) is 2.57. The summed E-state index contributed by atoms with van der Waals surface area (Å²) in [7, 11) is 0. The van der Waals surface area contributed by atoms with Crippen molar-refractivity contribution in [3.63, 3.8) is 0 Å². The largest absolute Gasteiger partial charge is 0.423 e. The lowest BCUT2D eigenvalue weighted by Crippen LogP contribution is -2.02. The molecule has 1 atom stereocenters. The molecule has 0 radical (unpaired) electrons. The van der Waals surface area contributed by atoms with Crippen LogP contribution < -0.4 is 4.74 Å². The van der Waals surface area contributed by atoms with Crippen LogP contribution in [0.4, 0.5) is 0 Å². The van der Waals surface area contributed by atoms with Crippen LogP contribution in [0.15, 0.2) is 108 Å². The fraction of sp³-hybridized carbons (Fsp3) is 0.0400. The highest BCUT2D eigenvalue weighted by Crippen LogP contribution is 2.29. The second-order valence-electron chi connectivity index (χ2n) is 6.33. The Labute approximate surface area is 189 Å². The van der Waals surface area contributed by atoms with Gasteiger partial charge in [-0.1, -0.05) is 55.3 Å². The number of ether oxygens (including phenoxy) is 1. The van der Waals surface area contributed by atoms with Gasteiger partial charge in [0.25, 0.3) is 0 Å². The van der Waals surface area contributed by atoms with Gasteiger partial charge in [0.1, 0.15) is 11.2 Å². The highest BCUT2D eigenvalue weighted by molar-refractivity contribution is 8.14. The molecule has 156 valence electrons. The zero-order valence-electron chi connectivity index (χ0n) is 16.6. The third kappa shape index (κ3) is 6.46. The first kappa shape index (κ1) is 22.6. The first-order chi connectivity index (χ1) is 15.0. The first-order valence-electron chi connectivity index (χ1n) is 9.33. The molecule has 0 aliphatic heterocycles. The minimum atomic E-state index is -0.673. The first-order valence-corrected chi connectivity index (χ1v) is 11.0. The van der Waals surface area contributed by atoms with Crippen LogP contribution in [-0.2, 0) is 4.79 Å². The van der Waals surface area contributed by atoms with E-state index in [9.17, 15) is 14.7 Å². The number of carbonyl (C=O) groups excluding carboxylic acids is 2. The average Bonchev–Trinajstić information content (AvgIpc) is 2.80. The molecule has 31 heavy (non-hydrogen) atoms. The third-order valence-corrected chi connectivity index (χ3v) is 6.09. The molecule has 0 heterocycles. The van der Waals surface area contributed by atoms with E-state index in [4.69, 9.17) is 4.74 Å². The van der Waals surface area contributed by atoms with Crippen LogP contribution in [0.3, 0.4) is 0 Å². The van der Waals surface area contributed by atoms with Gasteiger partial charge in [0.15, 0.2) is 0 Å². The van der Waals surface area contributed by atoms with Gasteiger partial charge in [0.05, 0.1) is 0 Å². The molecule has 0 aromatic heterocycles. The highest BCUT2D eigenvalue weighted by Gasteiger charge is 2.10. The molecule has 0 aliphatic carbocycles. The van der Waals surface area contributed by atoms with E-state index >= 15 is 0 Å². The third-order valence-electron chi connectivity index (χ3n) is 4.19. The predicted octanol–water partition coefficient (Wildman–Crippen LogP) is 5.97. The van der Waals surface area contributed by atoms with E-state index in [1.165, 1.54) is 17.8 Å². The highest BCUT2D eigenvalue weighted by atomic mass is 32.2. The van der Waals surface area contributed by atoms with E-state index in [2.05, 4.69) is 13.2 Å². The normalized spacial score (nSPS) is 11.4. The lowest BCUT2D eigenvalue weighted by molar-refractivity contribution is -0.128. The number of hydrogen-bond acceptors (Lipinski definition) is 6. The number of carbonyl (C=O) groups is 2. The van der Waals surface area contributed by atoms with Crippen molar-refractivity contribution < 1.29 is 19.4 Å². The number of rotatable bonds is 8. The number of benzene rings is 3. The maximum atomic E-state index is 12.6. The Hall–Kier alpha value is -3.06. The SMILES string of the molecule is C=CC(=O)Oc1ccc(-c2ccc(SC(=O)c3ccc(SC(O)C=C)cc3)cc2)cc1. The van der Waals surface area contributed by atoms with Crippen molar-refractivity contribution in [1.29, 1.82) is 0 Å². The van der Waals surface area contributed by atoms with E-state index in [1.54, 1.807) is 24.3 Å². The van der Waals surface area contributed by atoms with Crippen molar-refractivity contribution in [2.24, 2.45) is 0 Å². The summed E-state index contributed by atoms with van der Waals surface area (Å²) in [6, 6.07) is 22.0. The van der Waals surface area contributed by atoms with Crippen molar-refractivity contribution >= 4 is 34.6 Å². The number of esters is 1. The van der Waals surface area contributed by atoms with Gasteiger partial charge in [-0.25, -0.2) is 4.79 Å². The number of thioether (sulfide) groups is 2. The number of hydrogen-bond donors (Lipinski definition) is 1. The lowest BCUT2D eigenvalue weighted by atomic mass is 10.1. The molecule has 0 aliphatic rings. The summed E-state index contributed by atoms with van der Waals surface area (Å²) in [5.74, 6) is -0.0450. The molecule has 0 saturated heterocycles. The van der Waals surface area contributed by atoms with Gasteiger partial charge in [-0.3, -0.25) is 4.79 Å². The molecule has 1 N–H and O–H groups in total. The molecular formula is C25H20O4S2. The molecule has 0 saturated carbocycles. The van der Waals surface area contributed by atoms with Crippen molar-refractivity contribution in [2.75, 3.05) is 0 Å². The van der Waals surface area contributed by atoms with Gasteiger partial charge in [0, 0.05) is 21.4 Å². The molecule has 3 aromatic rings. The second-order valence-corrected chi connectivity index (χ2v) is 8.57. The fourth-order valence-electron chi connectivity index (χ4n) is 2.61. The van der Waals surface area contributed by atoms with Gasteiger partial charge in [0.2, 0.25) is 5.12 Å². The Bertz CT molecular complexity index is 1070. The molecule has 1 unspecified atom stereocenters. The van der Waals surface area contributed by atoms with Crippen LogP contribution >= 0.6 is 23.5 Å². The Kier molecular flexibility index (Phi) is 7.89. The van der Waals surface area contributed by atoms with E-state index in [-0.39, 0.29) is 5.12 Å². The van der Waals surface area contributed by atoms with Gasteiger partial charge < -0.3 is 9.84 Å². The molecule has 6 heteroatoms. The number of aliphatic hydroxyl groups excluding tert-OH is 1.